The molecule has 2 aromatic rings. The lowest BCUT2D eigenvalue weighted by Crippen LogP contribution is -2.55. The Morgan fingerprint density at radius 2 is 1.86 bits per heavy atom. The maximum Gasteiger partial charge on any atom is 0.257 e. The number of carbonyl (C=O) groups excluding carboxylic acids is 2. The van der Waals surface area contributed by atoms with Crippen LogP contribution >= 0.6 is 0 Å². The Bertz CT molecular complexity index is 1190. The van der Waals surface area contributed by atoms with Gasteiger partial charge in [0.1, 0.15) is 11.6 Å². The predicted molar refractivity (Wildman–Crippen MR) is 139 cm³/mol. The average Bonchev–Trinajstić information content (AvgIpc) is 2.83. The monoisotopic (exact) mass is 492 g/mol. The van der Waals surface area contributed by atoms with Crippen LogP contribution < -0.4 is 5.32 Å². The van der Waals surface area contributed by atoms with Crippen molar-refractivity contribution in [3.8, 4) is 0 Å². The van der Waals surface area contributed by atoms with Gasteiger partial charge in [-0.2, -0.15) is 0 Å². The van der Waals surface area contributed by atoms with Crippen LogP contribution in [-0.2, 0) is 10.2 Å². The van der Waals surface area contributed by atoms with Crippen LogP contribution in [0.4, 0.5) is 14.5 Å². The minimum Gasteiger partial charge on any atom is -0.334 e. The number of carbonyl (C=O) groups is 2. The van der Waals surface area contributed by atoms with Crippen LogP contribution in [0.3, 0.4) is 0 Å². The second-order valence-corrected chi connectivity index (χ2v) is 10.9. The number of anilines is 1. The molecule has 2 amide bonds. The van der Waals surface area contributed by atoms with E-state index >= 15 is 0 Å². The third kappa shape index (κ3) is 5.43. The molecule has 0 spiro atoms. The van der Waals surface area contributed by atoms with E-state index in [0.29, 0.717) is 31.5 Å². The molecule has 4 nitrogen and oxygen atoms in total. The van der Waals surface area contributed by atoms with Crippen molar-refractivity contribution in [3.05, 3.63) is 89.0 Å². The van der Waals surface area contributed by atoms with Gasteiger partial charge in [-0.25, -0.2) is 8.78 Å². The Labute approximate surface area is 212 Å². The zero-order valence-corrected chi connectivity index (χ0v) is 21.4. The van der Waals surface area contributed by atoms with E-state index in [2.05, 4.69) is 26.1 Å². The molecule has 6 heteroatoms. The number of amides is 2. The number of rotatable bonds is 4. The van der Waals surface area contributed by atoms with Gasteiger partial charge in [0.25, 0.3) is 5.91 Å². The number of hydrogen-bond donors (Lipinski definition) is 1. The van der Waals surface area contributed by atoms with Crippen LogP contribution in [0, 0.1) is 30.4 Å². The number of halogens is 2. The highest BCUT2D eigenvalue weighted by molar-refractivity contribution is 5.98. The number of hydrogen-bond acceptors (Lipinski definition) is 2. The first kappa shape index (κ1) is 25.8. The first-order valence-electron chi connectivity index (χ1n) is 12.6. The number of nitrogens with zero attached hydrogens (tertiary/aromatic N) is 1. The Morgan fingerprint density at radius 3 is 2.53 bits per heavy atom. The van der Waals surface area contributed by atoms with Crippen LogP contribution in [0.2, 0.25) is 0 Å². The molecule has 4 rings (SSSR count). The van der Waals surface area contributed by atoms with Gasteiger partial charge in [0.15, 0.2) is 0 Å². The average molecular weight is 493 g/mol. The normalized spacial score (nSPS) is 21.9. The van der Waals surface area contributed by atoms with Gasteiger partial charge >= 0.3 is 0 Å². The topological polar surface area (TPSA) is 49.4 Å². The highest BCUT2D eigenvalue weighted by Gasteiger charge is 2.43. The van der Waals surface area contributed by atoms with Crippen molar-refractivity contribution in [1.82, 2.24) is 4.90 Å². The molecule has 1 saturated heterocycles. The Kier molecular flexibility index (Phi) is 7.43. The number of piperidine rings is 1. The molecule has 3 atom stereocenters. The molecule has 0 saturated carbocycles. The van der Waals surface area contributed by atoms with E-state index < -0.39 is 29.5 Å². The van der Waals surface area contributed by atoms with Crippen LogP contribution in [-0.4, -0.2) is 29.3 Å². The van der Waals surface area contributed by atoms with E-state index in [0.717, 1.165) is 11.6 Å². The number of benzene rings is 2. The van der Waals surface area contributed by atoms with Crippen LogP contribution in [0.25, 0.3) is 0 Å². The van der Waals surface area contributed by atoms with Gasteiger partial charge in [0, 0.05) is 24.2 Å². The van der Waals surface area contributed by atoms with E-state index in [9.17, 15) is 18.4 Å². The minimum atomic E-state index is -0.874. The number of aryl methyl sites for hydroxylation is 1. The maximum absolute atomic E-state index is 14.8. The molecule has 0 aromatic heterocycles. The molecule has 1 heterocycles. The molecule has 1 fully saturated rings. The SMILES string of the molecule is Cc1cc(F)cc(F)c1C(=O)N1CCCC(C(=O)Nc2cccc(C(C)(C)C)c2)[C@@H]1C1C=CC=CC1. The zero-order valence-electron chi connectivity index (χ0n) is 21.4. The van der Waals surface area contributed by atoms with Crippen molar-refractivity contribution in [1.29, 1.82) is 0 Å². The van der Waals surface area contributed by atoms with Gasteiger partial charge in [0.2, 0.25) is 5.91 Å². The molecular formula is C30H34F2N2O2. The summed E-state index contributed by atoms with van der Waals surface area (Å²) in [5.74, 6) is -2.79. The standard InChI is InChI=1S/C30H34F2N2O2/c1-19-16-22(31)18-25(32)26(19)29(36)34-15-9-14-24(27(34)20-10-6-5-7-11-20)28(35)33-23-13-8-12-21(17-23)30(2,3)4/h5-8,10,12-13,16-18,20,24,27H,9,11,14-15H2,1-4H3,(H,33,35)/t20?,24?,27-/m0/s1. The van der Waals surface area contributed by atoms with Crippen molar-refractivity contribution >= 4 is 17.5 Å². The molecule has 2 aliphatic rings. The predicted octanol–water partition coefficient (Wildman–Crippen LogP) is 6.56. The summed E-state index contributed by atoms with van der Waals surface area (Å²) in [7, 11) is 0. The summed E-state index contributed by atoms with van der Waals surface area (Å²) in [5, 5.41) is 3.08. The number of likely N-dealkylation sites (tertiary alicyclic amines) is 1. The fourth-order valence-electron chi connectivity index (χ4n) is 5.34. The maximum atomic E-state index is 14.8. The lowest BCUT2D eigenvalue weighted by atomic mass is 9.77. The fourth-order valence-corrected chi connectivity index (χ4v) is 5.34. The number of nitrogens with one attached hydrogen (secondary N) is 1. The Balaban J connectivity index is 1.66. The molecule has 1 N–H and O–H groups in total. The van der Waals surface area contributed by atoms with Gasteiger partial charge in [-0.3, -0.25) is 9.59 Å². The summed E-state index contributed by atoms with van der Waals surface area (Å²) in [6.45, 7) is 8.31. The third-order valence-corrected chi connectivity index (χ3v) is 7.20. The van der Waals surface area contributed by atoms with Crippen molar-refractivity contribution in [2.45, 2.75) is 58.4 Å². The molecule has 2 aromatic carbocycles. The Morgan fingerprint density at radius 1 is 1.08 bits per heavy atom. The highest BCUT2D eigenvalue weighted by atomic mass is 19.1. The largest absolute Gasteiger partial charge is 0.334 e. The first-order chi connectivity index (χ1) is 17.1. The fraction of sp³-hybridized carbons (Fsp3) is 0.400. The van der Waals surface area contributed by atoms with E-state index in [1.54, 1.807) is 4.90 Å². The van der Waals surface area contributed by atoms with Crippen molar-refractivity contribution in [2.24, 2.45) is 11.8 Å². The van der Waals surface area contributed by atoms with Crippen LogP contribution in [0.5, 0.6) is 0 Å². The zero-order chi connectivity index (χ0) is 26.0. The first-order valence-corrected chi connectivity index (χ1v) is 12.6. The van der Waals surface area contributed by atoms with E-state index in [1.807, 2.05) is 48.6 Å². The summed E-state index contributed by atoms with van der Waals surface area (Å²) >= 11 is 0. The molecular weight excluding hydrogens is 458 g/mol. The third-order valence-electron chi connectivity index (χ3n) is 7.20. The van der Waals surface area contributed by atoms with Crippen LogP contribution in [0.1, 0.15) is 61.5 Å². The molecule has 1 aliphatic carbocycles. The molecule has 190 valence electrons. The minimum absolute atomic E-state index is 0.0619. The van der Waals surface area contributed by atoms with Crippen molar-refractivity contribution in [2.75, 3.05) is 11.9 Å². The quantitative estimate of drug-likeness (QED) is 0.525. The van der Waals surface area contributed by atoms with Crippen molar-refractivity contribution in [3.63, 3.8) is 0 Å². The van der Waals surface area contributed by atoms with Gasteiger partial charge in [-0.15, -0.1) is 0 Å². The summed E-state index contributed by atoms with van der Waals surface area (Å²) in [6, 6.07) is 9.30. The molecule has 1 aliphatic heterocycles. The van der Waals surface area contributed by atoms with E-state index in [1.165, 1.54) is 13.0 Å². The van der Waals surface area contributed by atoms with Crippen molar-refractivity contribution < 1.29 is 18.4 Å². The second kappa shape index (κ2) is 10.4. The van der Waals surface area contributed by atoms with Gasteiger partial charge < -0.3 is 10.2 Å². The molecule has 36 heavy (non-hydrogen) atoms. The molecule has 0 radical (unpaired) electrons. The Hall–Kier alpha value is -3.28. The second-order valence-electron chi connectivity index (χ2n) is 10.9. The van der Waals surface area contributed by atoms with Crippen LogP contribution in [0.15, 0.2) is 60.7 Å². The lowest BCUT2D eigenvalue weighted by molar-refractivity contribution is -0.123. The summed E-state index contributed by atoms with van der Waals surface area (Å²) in [5.41, 5.74) is 1.89. The van der Waals surface area contributed by atoms with Gasteiger partial charge in [0.05, 0.1) is 17.5 Å². The molecule has 2 unspecified atom stereocenters. The molecule has 0 bridgehead atoms. The summed E-state index contributed by atoms with van der Waals surface area (Å²) < 4.78 is 28.5. The van der Waals surface area contributed by atoms with E-state index in [-0.39, 0.29) is 28.4 Å². The smallest absolute Gasteiger partial charge is 0.257 e. The highest BCUT2D eigenvalue weighted by Crippen LogP contribution is 2.36. The summed E-state index contributed by atoms with van der Waals surface area (Å²) in [4.78, 5) is 29.0. The van der Waals surface area contributed by atoms with E-state index in [4.69, 9.17) is 0 Å². The summed E-state index contributed by atoms with van der Waals surface area (Å²) in [6.07, 6.45) is 9.84. The van der Waals surface area contributed by atoms with Gasteiger partial charge in [-0.05, 0) is 60.9 Å². The number of allylic oxidation sites excluding steroid dienone is 3. The van der Waals surface area contributed by atoms with Gasteiger partial charge in [-0.1, -0.05) is 57.2 Å². The lowest BCUT2D eigenvalue weighted by Gasteiger charge is -2.44.